The molecular formula is C21H36N2O. The molecule has 136 valence electrons. The van der Waals surface area contributed by atoms with Crippen molar-refractivity contribution in [1.82, 2.24) is 10.2 Å². The first kappa shape index (κ1) is 20.7. The van der Waals surface area contributed by atoms with Crippen LogP contribution in [0.5, 0.6) is 0 Å². The maximum Gasteiger partial charge on any atom is 0.253 e. The van der Waals surface area contributed by atoms with Crippen LogP contribution in [0.2, 0.25) is 0 Å². The molecule has 1 N–H and O–H groups in total. The Balaban J connectivity index is 2.69. The number of likely N-dealkylation sites (N-methyl/N-ethyl adjacent to an activating group) is 1. The summed E-state index contributed by atoms with van der Waals surface area (Å²) in [5.41, 5.74) is 2.40. The van der Waals surface area contributed by atoms with Crippen LogP contribution in [0, 0.1) is 5.41 Å². The zero-order valence-corrected chi connectivity index (χ0v) is 16.7. The highest BCUT2D eigenvalue weighted by molar-refractivity contribution is 5.94. The molecule has 0 radical (unpaired) electrons. The number of hydrogen-bond donors (Lipinski definition) is 1. The smallest absolute Gasteiger partial charge is 0.253 e. The molecule has 0 aromatic heterocycles. The first-order valence-corrected chi connectivity index (χ1v) is 9.13. The Morgan fingerprint density at radius 3 is 2.42 bits per heavy atom. The maximum absolute atomic E-state index is 12.6. The van der Waals surface area contributed by atoms with Gasteiger partial charge in [0.05, 0.1) is 0 Å². The first-order chi connectivity index (χ1) is 11.0. The summed E-state index contributed by atoms with van der Waals surface area (Å²) in [7, 11) is 1.88. The molecule has 1 amide bonds. The van der Waals surface area contributed by atoms with Crippen LogP contribution in [0.3, 0.4) is 0 Å². The van der Waals surface area contributed by atoms with Gasteiger partial charge in [0.1, 0.15) is 0 Å². The molecule has 0 aliphatic heterocycles. The Kier molecular flexibility index (Phi) is 7.47. The Morgan fingerprint density at radius 2 is 1.83 bits per heavy atom. The van der Waals surface area contributed by atoms with Gasteiger partial charge in [0.25, 0.3) is 5.91 Å². The first-order valence-electron chi connectivity index (χ1n) is 9.13. The molecule has 1 rings (SSSR count). The molecule has 1 aromatic rings. The lowest BCUT2D eigenvalue weighted by Crippen LogP contribution is -2.41. The fourth-order valence-electron chi connectivity index (χ4n) is 3.05. The number of benzene rings is 1. The van der Waals surface area contributed by atoms with E-state index in [1.165, 1.54) is 18.4 Å². The van der Waals surface area contributed by atoms with Crippen molar-refractivity contribution in [3.8, 4) is 0 Å². The Bertz CT molecular complexity index is 529. The predicted molar refractivity (Wildman–Crippen MR) is 104 cm³/mol. The van der Waals surface area contributed by atoms with E-state index in [-0.39, 0.29) is 16.9 Å². The standard InChI is InChI=1S/C21H36N2O/c1-8-12-21(5,6)16-17-10-9-11-18(15-17)19(24)23(7)14-13-22-20(2,3)4/h9-11,15,22H,8,12-14,16H2,1-7H3. The SMILES string of the molecule is CCCC(C)(C)Cc1cccc(C(=O)N(C)CCNC(C)(C)C)c1. The molecule has 0 spiro atoms. The summed E-state index contributed by atoms with van der Waals surface area (Å²) in [6.07, 6.45) is 3.40. The third-order valence-electron chi connectivity index (χ3n) is 4.23. The number of hydrogen-bond acceptors (Lipinski definition) is 2. The van der Waals surface area contributed by atoms with Crippen molar-refractivity contribution in [1.29, 1.82) is 0 Å². The van der Waals surface area contributed by atoms with Gasteiger partial charge in [-0.2, -0.15) is 0 Å². The van der Waals surface area contributed by atoms with Crippen LogP contribution in [0.25, 0.3) is 0 Å². The maximum atomic E-state index is 12.6. The van der Waals surface area contributed by atoms with E-state index in [1.807, 2.05) is 19.2 Å². The van der Waals surface area contributed by atoms with Gasteiger partial charge in [-0.1, -0.05) is 39.3 Å². The van der Waals surface area contributed by atoms with Gasteiger partial charge < -0.3 is 10.2 Å². The van der Waals surface area contributed by atoms with Crippen LogP contribution in [-0.4, -0.2) is 36.5 Å². The van der Waals surface area contributed by atoms with E-state index in [0.29, 0.717) is 6.54 Å². The molecule has 0 fully saturated rings. The van der Waals surface area contributed by atoms with Crippen molar-refractivity contribution in [3.63, 3.8) is 0 Å². The normalized spacial score (nSPS) is 12.3. The fourth-order valence-corrected chi connectivity index (χ4v) is 3.05. The second-order valence-electron chi connectivity index (χ2n) is 8.69. The summed E-state index contributed by atoms with van der Waals surface area (Å²) in [5.74, 6) is 0.0980. The molecule has 1 aromatic carbocycles. The van der Waals surface area contributed by atoms with Crippen LogP contribution >= 0.6 is 0 Å². The molecule has 3 heteroatoms. The van der Waals surface area contributed by atoms with Crippen molar-refractivity contribution in [2.24, 2.45) is 5.41 Å². The molecule has 3 nitrogen and oxygen atoms in total. The van der Waals surface area contributed by atoms with Gasteiger partial charge in [-0.05, 0) is 56.7 Å². The van der Waals surface area contributed by atoms with Gasteiger partial charge in [-0.15, -0.1) is 0 Å². The second kappa shape index (κ2) is 8.66. The molecule has 0 unspecified atom stereocenters. The summed E-state index contributed by atoms with van der Waals surface area (Å²) in [5, 5.41) is 3.42. The molecule has 0 atom stereocenters. The Labute approximate surface area is 148 Å². The number of carbonyl (C=O) groups is 1. The van der Waals surface area contributed by atoms with Crippen LogP contribution in [0.1, 0.15) is 70.3 Å². The van der Waals surface area contributed by atoms with Crippen LogP contribution in [0.15, 0.2) is 24.3 Å². The summed E-state index contributed by atoms with van der Waals surface area (Å²) in [6.45, 7) is 14.7. The monoisotopic (exact) mass is 332 g/mol. The highest BCUT2D eigenvalue weighted by Crippen LogP contribution is 2.27. The highest BCUT2D eigenvalue weighted by Gasteiger charge is 2.19. The van der Waals surface area contributed by atoms with E-state index in [1.54, 1.807) is 4.90 Å². The average Bonchev–Trinajstić information content (AvgIpc) is 2.44. The quantitative estimate of drug-likeness (QED) is 0.759. The highest BCUT2D eigenvalue weighted by atomic mass is 16.2. The van der Waals surface area contributed by atoms with Gasteiger partial charge in [0, 0.05) is 31.2 Å². The van der Waals surface area contributed by atoms with E-state index >= 15 is 0 Å². The van der Waals surface area contributed by atoms with Gasteiger partial charge in [0.15, 0.2) is 0 Å². The third kappa shape index (κ3) is 7.48. The molecular weight excluding hydrogens is 296 g/mol. The van der Waals surface area contributed by atoms with Crippen LogP contribution in [0.4, 0.5) is 0 Å². The third-order valence-corrected chi connectivity index (χ3v) is 4.23. The average molecular weight is 333 g/mol. The minimum absolute atomic E-state index is 0.0780. The van der Waals surface area contributed by atoms with Crippen LogP contribution < -0.4 is 5.32 Å². The molecule has 0 aliphatic carbocycles. The Hall–Kier alpha value is -1.35. The number of amides is 1. The van der Waals surface area contributed by atoms with Crippen molar-refractivity contribution in [3.05, 3.63) is 35.4 Å². The predicted octanol–water partition coefficient (Wildman–Crippen LogP) is 4.52. The van der Waals surface area contributed by atoms with Crippen LogP contribution in [-0.2, 0) is 6.42 Å². The summed E-state index contributed by atoms with van der Waals surface area (Å²) in [6, 6.07) is 8.13. The molecule has 0 aliphatic rings. The second-order valence-corrected chi connectivity index (χ2v) is 8.69. The van der Waals surface area contributed by atoms with Crippen molar-refractivity contribution in [2.75, 3.05) is 20.1 Å². The van der Waals surface area contributed by atoms with Gasteiger partial charge in [0.2, 0.25) is 0 Å². The molecule has 0 saturated carbocycles. The van der Waals surface area contributed by atoms with E-state index in [2.05, 4.69) is 59.0 Å². The number of nitrogens with one attached hydrogen (secondary N) is 1. The summed E-state index contributed by atoms with van der Waals surface area (Å²) >= 11 is 0. The molecule has 0 saturated heterocycles. The van der Waals surface area contributed by atoms with E-state index in [9.17, 15) is 4.79 Å². The van der Waals surface area contributed by atoms with Gasteiger partial charge in [-0.25, -0.2) is 0 Å². The van der Waals surface area contributed by atoms with Crippen molar-refractivity contribution < 1.29 is 4.79 Å². The minimum Gasteiger partial charge on any atom is -0.340 e. The topological polar surface area (TPSA) is 32.3 Å². The lowest BCUT2D eigenvalue weighted by molar-refractivity contribution is 0.0793. The number of rotatable bonds is 8. The Morgan fingerprint density at radius 1 is 1.17 bits per heavy atom. The number of carbonyl (C=O) groups excluding carboxylic acids is 1. The lowest BCUT2D eigenvalue weighted by Gasteiger charge is -2.25. The van der Waals surface area contributed by atoms with Gasteiger partial charge >= 0.3 is 0 Å². The van der Waals surface area contributed by atoms with E-state index < -0.39 is 0 Å². The fraction of sp³-hybridized carbons (Fsp3) is 0.667. The lowest BCUT2D eigenvalue weighted by atomic mass is 9.81. The zero-order chi connectivity index (χ0) is 18.4. The van der Waals surface area contributed by atoms with Crippen molar-refractivity contribution in [2.45, 2.75) is 66.3 Å². The number of nitrogens with zero attached hydrogens (tertiary/aromatic N) is 1. The van der Waals surface area contributed by atoms with Crippen molar-refractivity contribution >= 4 is 5.91 Å². The van der Waals surface area contributed by atoms with E-state index in [4.69, 9.17) is 0 Å². The molecule has 24 heavy (non-hydrogen) atoms. The largest absolute Gasteiger partial charge is 0.340 e. The molecule has 0 bridgehead atoms. The molecule has 0 heterocycles. The minimum atomic E-state index is 0.0780. The summed E-state index contributed by atoms with van der Waals surface area (Å²) < 4.78 is 0. The van der Waals surface area contributed by atoms with E-state index in [0.717, 1.165) is 18.5 Å². The zero-order valence-electron chi connectivity index (χ0n) is 16.7. The van der Waals surface area contributed by atoms with Gasteiger partial charge in [-0.3, -0.25) is 4.79 Å². The summed E-state index contributed by atoms with van der Waals surface area (Å²) in [4.78, 5) is 14.4.